The van der Waals surface area contributed by atoms with Gasteiger partial charge in [-0.3, -0.25) is 4.79 Å². The van der Waals surface area contributed by atoms with Gasteiger partial charge in [-0.25, -0.2) is 4.79 Å². The fourth-order valence-corrected chi connectivity index (χ4v) is 2.41. The number of urea groups is 1. The van der Waals surface area contributed by atoms with Crippen LogP contribution in [0.15, 0.2) is 0 Å². The Morgan fingerprint density at radius 1 is 1.40 bits per heavy atom. The van der Waals surface area contributed by atoms with E-state index in [1.165, 1.54) is 0 Å². The fourth-order valence-electron chi connectivity index (χ4n) is 2.41. The standard InChI is InChI=1S/C13H25N3O4/c1-4-16(11-9-20-8-10(11)12(17)18)13(19)15(3)7-5-6-14-2/h10-11,14H,4-9H2,1-3H3,(H,17,18). The van der Waals surface area contributed by atoms with Crippen molar-refractivity contribution in [1.29, 1.82) is 0 Å². The summed E-state index contributed by atoms with van der Waals surface area (Å²) in [5.74, 6) is -1.54. The van der Waals surface area contributed by atoms with Crippen LogP contribution in [-0.4, -0.2) is 79.9 Å². The zero-order valence-electron chi connectivity index (χ0n) is 12.5. The topological polar surface area (TPSA) is 82.1 Å². The number of hydrogen-bond acceptors (Lipinski definition) is 4. The third kappa shape index (κ3) is 4.08. The van der Waals surface area contributed by atoms with Gasteiger partial charge in [0.2, 0.25) is 0 Å². The zero-order valence-corrected chi connectivity index (χ0v) is 12.5. The van der Waals surface area contributed by atoms with Crippen LogP contribution in [-0.2, 0) is 9.53 Å². The van der Waals surface area contributed by atoms with Crippen LogP contribution >= 0.6 is 0 Å². The highest BCUT2D eigenvalue weighted by Gasteiger charge is 2.40. The minimum absolute atomic E-state index is 0.134. The number of carbonyl (C=O) groups excluding carboxylic acids is 1. The highest BCUT2D eigenvalue weighted by Crippen LogP contribution is 2.21. The van der Waals surface area contributed by atoms with E-state index in [1.54, 1.807) is 16.8 Å². The van der Waals surface area contributed by atoms with Crippen molar-refractivity contribution in [2.45, 2.75) is 19.4 Å². The summed E-state index contributed by atoms with van der Waals surface area (Å²) in [4.78, 5) is 26.8. The largest absolute Gasteiger partial charge is 0.481 e. The first-order valence-corrected chi connectivity index (χ1v) is 6.99. The first-order chi connectivity index (χ1) is 9.52. The van der Waals surface area contributed by atoms with Gasteiger partial charge < -0.3 is 25.0 Å². The summed E-state index contributed by atoms with van der Waals surface area (Å²) in [6.45, 7) is 4.28. The smallest absolute Gasteiger partial charge is 0.320 e. The first-order valence-electron chi connectivity index (χ1n) is 6.99. The summed E-state index contributed by atoms with van der Waals surface area (Å²) in [6, 6.07) is -0.512. The molecule has 2 amide bonds. The number of carbonyl (C=O) groups is 2. The van der Waals surface area contributed by atoms with Gasteiger partial charge in [0.1, 0.15) is 5.92 Å². The molecule has 1 saturated heterocycles. The molecule has 0 saturated carbocycles. The van der Waals surface area contributed by atoms with Crippen molar-refractivity contribution in [2.24, 2.45) is 5.92 Å². The van der Waals surface area contributed by atoms with E-state index >= 15 is 0 Å². The number of nitrogens with zero attached hydrogens (tertiary/aromatic N) is 2. The summed E-state index contributed by atoms with van der Waals surface area (Å²) in [7, 11) is 3.61. The Morgan fingerprint density at radius 3 is 2.65 bits per heavy atom. The average molecular weight is 287 g/mol. The summed E-state index contributed by atoms with van der Waals surface area (Å²) in [5, 5.41) is 12.2. The van der Waals surface area contributed by atoms with Crippen molar-refractivity contribution in [1.82, 2.24) is 15.1 Å². The molecule has 0 aromatic carbocycles. The van der Waals surface area contributed by atoms with Gasteiger partial charge in [-0.15, -0.1) is 0 Å². The van der Waals surface area contributed by atoms with E-state index in [1.807, 2.05) is 14.0 Å². The van der Waals surface area contributed by atoms with Crippen molar-refractivity contribution in [3.63, 3.8) is 0 Å². The number of carboxylic acid groups (broad SMARTS) is 1. The SMILES string of the molecule is CCN(C(=O)N(C)CCCNC)C1COCC1C(=O)O. The quantitative estimate of drug-likeness (QED) is 0.648. The van der Waals surface area contributed by atoms with Crippen LogP contribution in [0.1, 0.15) is 13.3 Å². The number of carboxylic acids is 1. The van der Waals surface area contributed by atoms with Gasteiger partial charge in [0.25, 0.3) is 0 Å². The summed E-state index contributed by atoms with van der Waals surface area (Å²) in [5.41, 5.74) is 0. The minimum atomic E-state index is -0.906. The highest BCUT2D eigenvalue weighted by atomic mass is 16.5. The Labute approximate surface area is 119 Å². The molecule has 1 aliphatic heterocycles. The van der Waals surface area contributed by atoms with Gasteiger partial charge in [0.05, 0.1) is 19.3 Å². The molecular formula is C13H25N3O4. The molecule has 7 nitrogen and oxygen atoms in total. The molecule has 0 aromatic rings. The summed E-state index contributed by atoms with van der Waals surface area (Å²) >= 11 is 0. The van der Waals surface area contributed by atoms with E-state index in [-0.39, 0.29) is 18.7 Å². The maximum Gasteiger partial charge on any atom is 0.320 e. The molecule has 1 fully saturated rings. The Morgan fingerprint density at radius 2 is 2.10 bits per heavy atom. The predicted molar refractivity (Wildman–Crippen MR) is 74.7 cm³/mol. The Bertz CT molecular complexity index is 338. The molecule has 20 heavy (non-hydrogen) atoms. The Hall–Kier alpha value is -1.34. The molecule has 1 rings (SSSR count). The van der Waals surface area contributed by atoms with Crippen molar-refractivity contribution in [3.8, 4) is 0 Å². The maximum atomic E-state index is 12.4. The van der Waals surface area contributed by atoms with E-state index in [0.717, 1.165) is 13.0 Å². The van der Waals surface area contributed by atoms with Crippen LogP contribution in [0, 0.1) is 5.92 Å². The van der Waals surface area contributed by atoms with Gasteiger partial charge in [-0.1, -0.05) is 0 Å². The molecule has 0 spiro atoms. The number of amides is 2. The first kappa shape index (κ1) is 16.7. The number of ether oxygens (including phenoxy) is 1. The molecule has 116 valence electrons. The van der Waals surface area contributed by atoms with E-state index in [0.29, 0.717) is 19.7 Å². The van der Waals surface area contributed by atoms with Crippen molar-refractivity contribution in [2.75, 3.05) is 46.9 Å². The molecule has 0 aromatic heterocycles. The normalized spacial score (nSPS) is 21.8. The second-order valence-corrected chi connectivity index (χ2v) is 5.00. The number of aliphatic carboxylic acids is 1. The van der Waals surface area contributed by atoms with E-state index in [4.69, 9.17) is 4.74 Å². The van der Waals surface area contributed by atoms with Crippen molar-refractivity contribution in [3.05, 3.63) is 0 Å². The Balaban J connectivity index is 2.64. The molecule has 2 N–H and O–H groups in total. The third-order valence-electron chi connectivity index (χ3n) is 3.60. The lowest BCUT2D eigenvalue weighted by atomic mass is 10.0. The van der Waals surface area contributed by atoms with Gasteiger partial charge in [0, 0.05) is 20.1 Å². The molecule has 1 aliphatic rings. The molecule has 0 aliphatic carbocycles. The monoisotopic (exact) mass is 287 g/mol. The second-order valence-electron chi connectivity index (χ2n) is 5.00. The molecule has 0 radical (unpaired) electrons. The number of rotatable bonds is 7. The predicted octanol–water partition coefficient (Wildman–Crippen LogP) is 0.0692. The molecule has 2 atom stereocenters. The fraction of sp³-hybridized carbons (Fsp3) is 0.846. The van der Waals surface area contributed by atoms with Crippen LogP contribution in [0.25, 0.3) is 0 Å². The summed E-state index contributed by atoms with van der Waals surface area (Å²) < 4.78 is 5.24. The Kier molecular flexibility index (Phi) is 6.74. The van der Waals surface area contributed by atoms with Gasteiger partial charge in [-0.2, -0.15) is 0 Å². The van der Waals surface area contributed by atoms with Gasteiger partial charge in [0.15, 0.2) is 0 Å². The average Bonchev–Trinajstić information content (AvgIpc) is 2.89. The molecule has 7 heteroatoms. The van der Waals surface area contributed by atoms with E-state index < -0.39 is 11.9 Å². The lowest BCUT2D eigenvalue weighted by molar-refractivity contribution is -0.142. The summed E-state index contributed by atoms with van der Waals surface area (Å²) in [6.07, 6.45) is 0.861. The van der Waals surface area contributed by atoms with Crippen LogP contribution in [0.4, 0.5) is 4.79 Å². The lowest BCUT2D eigenvalue weighted by Crippen LogP contribution is -2.51. The van der Waals surface area contributed by atoms with E-state index in [9.17, 15) is 14.7 Å². The number of nitrogens with one attached hydrogen (secondary N) is 1. The molecule has 0 bridgehead atoms. The molecule has 1 heterocycles. The van der Waals surface area contributed by atoms with Crippen LogP contribution in [0.5, 0.6) is 0 Å². The van der Waals surface area contributed by atoms with Crippen LogP contribution < -0.4 is 5.32 Å². The zero-order chi connectivity index (χ0) is 15.1. The van der Waals surface area contributed by atoms with Crippen LogP contribution in [0.2, 0.25) is 0 Å². The number of hydrogen-bond donors (Lipinski definition) is 2. The minimum Gasteiger partial charge on any atom is -0.481 e. The lowest BCUT2D eigenvalue weighted by Gasteiger charge is -2.33. The van der Waals surface area contributed by atoms with Crippen molar-refractivity contribution < 1.29 is 19.4 Å². The highest BCUT2D eigenvalue weighted by molar-refractivity contribution is 5.77. The van der Waals surface area contributed by atoms with Gasteiger partial charge >= 0.3 is 12.0 Å². The van der Waals surface area contributed by atoms with E-state index in [2.05, 4.69) is 5.32 Å². The molecular weight excluding hydrogens is 262 g/mol. The van der Waals surface area contributed by atoms with Gasteiger partial charge in [-0.05, 0) is 26.9 Å². The third-order valence-corrected chi connectivity index (χ3v) is 3.60. The van der Waals surface area contributed by atoms with Crippen molar-refractivity contribution >= 4 is 12.0 Å². The maximum absolute atomic E-state index is 12.4. The molecule has 2 unspecified atom stereocenters. The van der Waals surface area contributed by atoms with Crippen LogP contribution in [0.3, 0.4) is 0 Å². The second kappa shape index (κ2) is 8.06. The number of likely N-dealkylation sites (N-methyl/N-ethyl adjacent to an activating group) is 1.